The van der Waals surface area contributed by atoms with Gasteiger partial charge < -0.3 is 9.47 Å². The van der Waals surface area contributed by atoms with Gasteiger partial charge >= 0.3 is 0 Å². The summed E-state index contributed by atoms with van der Waals surface area (Å²) in [6.45, 7) is 14.2. The van der Waals surface area contributed by atoms with Gasteiger partial charge in [-0.05, 0) is 85.0 Å². The standard InChI is InChI=1S/C24H34O2/c1-7-19-15-23(21(9-3)13-17(19)5)25-11-12-26-24-16-20(8-2)18(6)14-22(24)10-4/h13-16H,7-12H2,1-6H3. The second-order valence-electron chi connectivity index (χ2n) is 6.88. The Morgan fingerprint density at radius 2 is 0.885 bits per heavy atom. The molecule has 0 aliphatic heterocycles. The lowest BCUT2D eigenvalue weighted by Crippen LogP contribution is -2.11. The molecule has 0 aliphatic rings. The molecule has 0 atom stereocenters. The van der Waals surface area contributed by atoms with E-state index >= 15 is 0 Å². The van der Waals surface area contributed by atoms with E-state index in [9.17, 15) is 0 Å². The number of hydrogen-bond acceptors (Lipinski definition) is 2. The van der Waals surface area contributed by atoms with Gasteiger partial charge in [-0.15, -0.1) is 0 Å². The van der Waals surface area contributed by atoms with Crippen molar-refractivity contribution in [2.24, 2.45) is 0 Å². The van der Waals surface area contributed by atoms with Crippen LogP contribution in [0, 0.1) is 13.8 Å². The zero-order valence-corrected chi connectivity index (χ0v) is 17.4. The van der Waals surface area contributed by atoms with E-state index in [1.165, 1.54) is 33.4 Å². The maximum absolute atomic E-state index is 6.08. The molecule has 142 valence electrons. The van der Waals surface area contributed by atoms with Crippen LogP contribution in [-0.2, 0) is 25.7 Å². The summed E-state index contributed by atoms with van der Waals surface area (Å²) in [6.07, 6.45) is 4.04. The van der Waals surface area contributed by atoms with E-state index in [4.69, 9.17) is 9.47 Å². The maximum Gasteiger partial charge on any atom is 0.122 e. The second-order valence-corrected chi connectivity index (χ2v) is 6.88. The molecule has 0 bridgehead atoms. The maximum atomic E-state index is 6.08. The Kier molecular flexibility index (Phi) is 7.56. The fourth-order valence-corrected chi connectivity index (χ4v) is 3.47. The predicted molar refractivity (Wildman–Crippen MR) is 111 cm³/mol. The van der Waals surface area contributed by atoms with Crippen molar-refractivity contribution < 1.29 is 9.47 Å². The van der Waals surface area contributed by atoms with E-state index in [2.05, 4.69) is 65.8 Å². The molecule has 0 amide bonds. The highest BCUT2D eigenvalue weighted by atomic mass is 16.5. The van der Waals surface area contributed by atoms with Crippen LogP contribution in [0.2, 0.25) is 0 Å². The van der Waals surface area contributed by atoms with Crippen molar-refractivity contribution in [2.75, 3.05) is 13.2 Å². The molecule has 0 saturated heterocycles. The van der Waals surface area contributed by atoms with Crippen molar-refractivity contribution in [1.29, 1.82) is 0 Å². The van der Waals surface area contributed by atoms with E-state index in [0.29, 0.717) is 13.2 Å². The third-order valence-electron chi connectivity index (χ3n) is 5.16. The van der Waals surface area contributed by atoms with Crippen molar-refractivity contribution in [2.45, 2.75) is 67.2 Å². The van der Waals surface area contributed by atoms with E-state index in [1.807, 2.05) is 0 Å². The van der Waals surface area contributed by atoms with Crippen LogP contribution in [0.25, 0.3) is 0 Å². The van der Waals surface area contributed by atoms with Crippen LogP contribution in [0.4, 0.5) is 0 Å². The highest BCUT2D eigenvalue weighted by Gasteiger charge is 2.09. The molecule has 0 aliphatic carbocycles. The number of ether oxygens (including phenoxy) is 2. The van der Waals surface area contributed by atoms with Crippen LogP contribution in [0.5, 0.6) is 11.5 Å². The fourth-order valence-electron chi connectivity index (χ4n) is 3.47. The van der Waals surface area contributed by atoms with Crippen molar-refractivity contribution >= 4 is 0 Å². The average Bonchev–Trinajstić information content (AvgIpc) is 2.66. The Morgan fingerprint density at radius 1 is 0.538 bits per heavy atom. The quantitative estimate of drug-likeness (QED) is 0.513. The lowest BCUT2D eigenvalue weighted by molar-refractivity contribution is 0.214. The summed E-state index contributed by atoms with van der Waals surface area (Å²) in [5.74, 6) is 2.01. The van der Waals surface area contributed by atoms with Crippen LogP contribution >= 0.6 is 0 Å². The minimum absolute atomic E-state index is 0.567. The van der Waals surface area contributed by atoms with E-state index in [-0.39, 0.29) is 0 Å². The van der Waals surface area contributed by atoms with Gasteiger partial charge in [-0.25, -0.2) is 0 Å². The van der Waals surface area contributed by atoms with Gasteiger partial charge in [0, 0.05) is 0 Å². The van der Waals surface area contributed by atoms with Crippen molar-refractivity contribution in [3.05, 3.63) is 57.6 Å². The van der Waals surface area contributed by atoms with Gasteiger partial charge in [0.15, 0.2) is 0 Å². The monoisotopic (exact) mass is 354 g/mol. The Bertz CT molecular complexity index is 668. The first-order valence-electron chi connectivity index (χ1n) is 10.0. The van der Waals surface area contributed by atoms with Crippen molar-refractivity contribution in [3.8, 4) is 11.5 Å². The molecule has 0 unspecified atom stereocenters. The van der Waals surface area contributed by atoms with Crippen LogP contribution in [0.15, 0.2) is 24.3 Å². The molecule has 0 saturated carbocycles. The van der Waals surface area contributed by atoms with Crippen molar-refractivity contribution in [3.63, 3.8) is 0 Å². The minimum Gasteiger partial charge on any atom is -0.490 e. The highest BCUT2D eigenvalue weighted by molar-refractivity contribution is 5.43. The third-order valence-corrected chi connectivity index (χ3v) is 5.16. The minimum atomic E-state index is 0.567. The van der Waals surface area contributed by atoms with E-state index < -0.39 is 0 Å². The molecule has 0 N–H and O–H groups in total. The fraction of sp³-hybridized carbons (Fsp3) is 0.500. The summed E-state index contributed by atoms with van der Waals surface area (Å²) in [4.78, 5) is 0. The molecule has 0 aromatic heterocycles. The topological polar surface area (TPSA) is 18.5 Å². The van der Waals surface area contributed by atoms with Gasteiger partial charge in [0.2, 0.25) is 0 Å². The molecule has 2 rings (SSSR count). The largest absolute Gasteiger partial charge is 0.490 e. The van der Waals surface area contributed by atoms with Gasteiger partial charge in [0.25, 0.3) is 0 Å². The van der Waals surface area contributed by atoms with Gasteiger partial charge in [-0.2, -0.15) is 0 Å². The Hall–Kier alpha value is -1.96. The SMILES string of the molecule is CCc1cc(OCCOc2cc(CC)c(C)cc2CC)c(CC)cc1C. The molecule has 2 aromatic carbocycles. The summed E-state index contributed by atoms with van der Waals surface area (Å²) >= 11 is 0. The predicted octanol–water partition coefficient (Wildman–Crippen LogP) is 6.01. The molecule has 0 fully saturated rings. The molecular weight excluding hydrogens is 320 g/mol. The first kappa shape index (κ1) is 20.4. The van der Waals surface area contributed by atoms with Crippen LogP contribution in [-0.4, -0.2) is 13.2 Å². The second kappa shape index (κ2) is 9.66. The van der Waals surface area contributed by atoms with Crippen LogP contribution in [0.3, 0.4) is 0 Å². The Balaban J connectivity index is 2.03. The summed E-state index contributed by atoms with van der Waals surface area (Å²) in [7, 11) is 0. The van der Waals surface area contributed by atoms with Gasteiger partial charge in [-0.1, -0.05) is 39.8 Å². The zero-order chi connectivity index (χ0) is 19.1. The first-order valence-corrected chi connectivity index (χ1v) is 10.0. The van der Waals surface area contributed by atoms with Gasteiger partial charge in [0.1, 0.15) is 24.7 Å². The zero-order valence-electron chi connectivity index (χ0n) is 17.4. The normalized spacial score (nSPS) is 10.8. The van der Waals surface area contributed by atoms with E-state index in [0.717, 1.165) is 37.2 Å². The molecule has 0 radical (unpaired) electrons. The Morgan fingerprint density at radius 3 is 1.19 bits per heavy atom. The van der Waals surface area contributed by atoms with Crippen LogP contribution < -0.4 is 9.47 Å². The first-order chi connectivity index (χ1) is 12.5. The molecule has 26 heavy (non-hydrogen) atoms. The molecule has 2 heteroatoms. The summed E-state index contributed by atoms with van der Waals surface area (Å²) < 4.78 is 12.2. The molecule has 0 spiro atoms. The van der Waals surface area contributed by atoms with E-state index in [1.54, 1.807) is 0 Å². The average molecular weight is 355 g/mol. The Labute approximate surface area is 159 Å². The summed E-state index contributed by atoms with van der Waals surface area (Å²) in [6, 6.07) is 8.93. The molecular formula is C24H34O2. The third kappa shape index (κ3) is 4.81. The lowest BCUT2D eigenvalue weighted by Gasteiger charge is -2.16. The summed E-state index contributed by atoms with van der Waals surface area (Å²) in [5.41, 5.74) is 7.98. The molecule has 2 nitrogen and oxygen atoms in total. The number of hydrogen-bond donors (Lipinski definition) is 0. The molecule has 2 aromatic rings. The summed E-state index contributed by atoms with van der Waals surface area (Å²) in [5, 5.41) is 0. The van der Waals surface area contributed by atoms with Crippen molar-refractivity contribution in [1.82, 2.24) is 0 Å². The van der Waals surface area contributed by atoms with Crippen LogP contribution in [0.1, 0.15) is 61.1 Å². The van der Waals surface area contributed by atoms with Gasteiger partial charge in [-0.3, -0.25) is 0 Å². The van der Waals surface area contributed by atoms with Gasteiger partial charge in [0.05, 0.1) is 0 Å². The number of benzene rings is 2. The number of rotatable bonds is 9. The molecule has 0 heterocycles. The smallest absolute Gasteiger partial charge is 0.122 e. The highest BCUT2D eigenvalue weighted by Crippen LogP contribution is 2.26. The number of aryl methyl sites for hydroxylation is 6. The lowest BCUT2D eigenvalue weighted by atomic mass is 10.0.